The minimum atomic E-state index is -4.41. The summed E-state index contributed by atoms with van der Waals surface area (Å²) in [5.74, 6) is 0.0439. The molecule has 1 aliphatic carbocycles. The Labute approximate surface area is 190 Å². The van der Waals surface area contributed by atoms with Gasteiger partial charge in [0.25, 0.3) is 0 Å². The fourth-order valence-electron chi connectivity index (χ4n) is 4.68. The first kappa shape index (κ1) is 21.3. The van der Waals surface area contributed by atoms with Crippen LogP contribution in [-0.4, -0.2) is 5.78 Å². The number of Topliss-reactive ketones (excluding diaryl/α,β-unsaturated/α-hetero) is 1. The monoisotopic (exact) mass is 448 g/mol. The van der Waals surface area contributed by atoms with Crippen molar-refractivity contribution in [3.05, 3.63) is 106 Å². The Morgan fingerprint density at radius 2 is 1.45 bits per heavy atom. The summed E-state index contributed by atoms with van der Waals surface area (Å²) in [4.78, 5) is 13.5. The summed E-state index contributed by atoms with van der Waals surface area (Å²) in [5.41, 5.74) is 5.24. The highest BCUT2D eigenvalue weighted by Gasteiger charge is 2.36. The van der Waals surface area contributed by atoms with E-state index in [0.717, 1.165) is 40.3 Å². The molecule has 3 aromatic carbocycles. The Morgan fingerprint density at radius 1 is 0.818 bits per heavy atom. The van der Waals surface area contributed by atoms with E-state index in [1.165, 1.54) is 12.1 Å². The molecule has 2 aliphatic rings. The number of hydrogen-bond acceptors (Lipinski definition) is 3. The van der Waals surface area contributed by atoms with Crippen LogP contribution in [0.3, 0.4) is 0 Å². The van der Waals surface area contributed by atoms with E-state index < -0.39 is 17.8 Å². The molecule has 0 unspecified atom stereocenters. The summed E-state index contributed by atoms with van der Waals surface area (Å²) < 4.78 is 39.3. The zero-order valence-corrected chi connectivity index (χ0v) is 18.0. The average molecular weight is 448 g/mol. The minimum absolute atomic E-state index is 0.000436. The van der Waals surface area contributed by atoms with E-state index >= 15 is 0 Å². The van der Waals surface area contributed by atoms with Crippen molar-refractivity contribution in [1.29, 1.82) is 0 Å². The van der Waals surface area contributed by atoms with E-state index in [-0.39, 0.29) is 11.7 Å². The van der Waals surface area contributed by atoms with Crippen molar-refractivity contribution in [1.82, 2.24) is 0 Å². The van der Waals surface area contributed by atoms with Crippen LogP contribution in [0.5, 0.6) is 0 Å². The van der Waals surface area contributed by atoms with Gasteiger partial charge in [-0.2, -0.15) is 13.2 Å². The molecule has 3 aromatic rings. The number of benzene rings is 3. The van der Waals surface area contributed by atoms with Gasteiger partial charge in [-0.05, 0) is 54.7 Å². The molecule has 0 spiro atoms. The maximum absolute atomic E-state index is 13.5. The molecule has 0 radical (unpaired) electrons. The van der Waals surface area contributed by atoms with Crippen LogP contribution in [0.15, 0.2) is 84.1 Å². The van der Waals surface area contributed by atoms with Gasteiger partial charge in [0.1, 0.15) is 0 Å². The van der Waals surface area contributed by atoms with Crippen LogP contribution in [-0.2, 0) is 11.0 Å². The van der Waals surface area contributed by atoms with Crippen LogP contribution in [0.2, 0.25) is 0 Å². The molecular weight excluding hydrogens is 425 g/mol. The highest BCUT2D eigenvalue weighted by molar-refractivity contribution is 6.01. The molecule has 33 heavy (non-hydrogen) atoms. The summed E-state index contributed by atoms with van der Waals surface area (Å²) in [6.45, 7) is 2.03. The molecule has 0 saturated carbocycles. The van der Waals surface area contributed by atoms with E-state index in [4.69, 9.17) is 0 Å². The summed E-state index contributed by atoms with van der Waals surface area (Å²) in [5, 5.41) is 6.86. The zero-order chi connectivity index (χ0) is 23.2. The van der Waals surface area contributed by atoms with Gasteiger partial charge in [0.15, 0.2) is 5.78 Å². The second kappa shape index (κ2) is 8.10. The summed E-state index contributed by atoms with van der Waals surface area (Å²) in [7, 11) is 0. The fraction of sp³-hybridized carbons (Fsp3) is 0.222. The lowest BCUT2D eigenvalue weighted by Crippen LogP contribution is -2.27. The number of para-hydroxylation sites is 2. The molecule has 0 bridgehead atoms. The molecule has 0 aromatic heterocycles. The third-order valence-corrected chi connectivity index (χ3v) is 6.43. The van der Waals surface area contributed by atoms with E-state index in [1.54, 1.807) is 0 Å². The van der Waals surface area contributed by atoms with Crippen LogP contribution in [0.4, 0.5) is 24.5 Å². The molecule has 2 N–H and O–H groups in total. The van der Waals surface area contributed by atoms with Gasteiger partial charge in [0.05, 0.1) is 23.0 Å². The lowest BCUT2D eigenvalue weighted by Gasteiger charge is -2.30. The quantitative estimate of drug-likeness (QED) is 0.444. The highest BCUT2D eigenvalue weighted by atomic mass is 19.4. The highest BCUT2D eigenvalue weighted by Crippen LogP contribution is 2.44. The summed E-state index contributed by atoms with van der Waals surface area (Å²) in [6.07, 6.45) is -3.40. The Balaban J connectivity index is 1.57. The number of halogens is 3. The molecule has 3 nitrogen and oxygen atoms in total. The molecule has 0 saturated heterocycles. The Hall–Kier alpha value is -3.54. The summed E-state index contributed by atoms with van der Waals surface area (Å²) >= 11 is 0. The number of ketones is 1. The van der Waals surface area contributed by atoms with Gasteiger partial charge < -0.3 is 10.6 Å². The first-order valence-electron chi connectivity index (χ1n) is 10.9. The second-order valence-corrected chi connectivity index (χ2v) is 8.70. The van der Waals surface area contributed by atoms with Crippen LogP contribution in [0.1, 0.15) is 47.1 Å². The molecule has 1 aliphatic heterocycles. The minimum Gasteiger partial charge on any atom is -0.372 e. The fourth-order valence-corrected chi connectivity index (χ4v) is 4.68. The molecule has 5 rings (SSSR count). The van der Waals surface area contributed by atoms with Gasteiger partial charge in [-0.15, -0.1) is 0 Å². The van der Waals surface area contributed by atoms with Crippen LogP contribution < -0.4 is 10.6 Å². The predicted octanol–water partition coefficient (Wildman–Crippen LogP) is 6.99. The molecule has 6 heteroatoms. The summed E-state index contributed by atoms with van der Waals surface area (Å²) in [6, 6.07) is 20.4. The van der Waals surface area contributed by atoms with E-state index in [2.05, 4.69) is 22.8 Å². The lowest BCUT2D eigenvalue weighted by atomic mass is 9.78. The third kappa shape index (κ3) is 4.13. The first-order valence-corrected chi connectivity index (χ1v) is 10.9. The van der Waals surface area contributed by atoms with Crippen molar-refractivity contribution in [2.75, 3.05) is 10.6 Å². The van der Waals surface area contributed by atoms with E-state index in [1.807, 2.05) is 43.3 Å². The Morgan fingerprint density at radius 3 is 2.12 bits per heavy atom. The average Bonchev–Trinajstić information content (AvgIpc) is 2.96. The van der Waals surface area contributed by atoms with E-state index in [9.17, 15) is 18.0 Å². The van der Waals surface area contributed by atoms with Gasteiger partial charge >= 0.3 is 6.18 Å². The molecule has 1 heterocycles. The second-order valence-electron chi connectivity index (χ2n) is 8.70. The number of carbonyl (C=O) groups is 1. The van der Waals surface area contributed by atoms with Gasteiger partial charge in [-0.1, -0.05) is 54.1 Å². The van der Waals surface area contributed by atoms with Gasteiger partial charge in [-0.3, -0.25) is 4.79 Å². The van der Waals surface area contributed by atoms with E-state index in [0.29, 0.717) is 24.0 Å². The van der Waals surface area contributed by atoms with Crippen LogP contribution in [0.25, 0.3) is 0 Å². The number of nitrogens with one attached hydrogen (secondary N) is 2. The number of rotatable bonds is 2. The first-order chi connectivity index (χ1) is 15.8. The van der Waals surface area contributed by atoms with Crippen molar-refractivity contribution < 1.29 is 18.0 Å². The molecular formula is C27H23F3N2O. The largest absolute Gasteiger partial charge is 0.416 e. The third-order valence-electron chi connectivity index (χ3n) is 6.43. The van der Waals surface area contributed by atoms with Gasteiger partial charge in [0.2, 0.25) is 0 Å². The maximum atomic E-state index is 13.5. The van der Waals surface area contributed by atoms with Crippen molar-refractivity contribution in [2.45, 2.75) is 37.9 Å². The normalized spacial score (nSPS) is 20.3. The Kier molecular flexibility index (Phi) is 5.23. The van der Waals surface area contributed by atoms with Crippen molar-refractivity contribution in [3.8, 4) is 0 Å². The number of anilines is 2. The maximum Gasteiger partial charge on any atom is 0.416 e. The molecule has 2 atom stereocenters. The van der Waals surface area contributed by atoms with Crippen molar-refractivity contribution in [2.24, 2.45) is 0 Å². The van der Waals surface area contributed by atoms with Gasteiger partial charge in [-0.25, -0.2) is 0 Å². The Bertz CT molecular complexity index is 1230. The SMILES string of the molecule is Cc1ccc([C@H]2CC(=O)C3=C(C2)Nc2ccccc2N[C@H]3c2ccc(C(F)(F)F)cc2)cc1. The number of carbonyl (C=O) groups excluding carboxylic acids is 1. The number of hydrogen-bond donors (Lipinski definition) is 2. The number of alkyl halides is 3. The van der Waals surface area contributed by atoms with Gasteiger partial charge in [0, 0.05) is 17.7 Å². The van der Waals surface area contributed by atoms with Crippen LogP contribution >= 0.6 is 0 Å². The van der Waals surface area contributed by atoms with Crippen molar-refractivity contribution >= 4 is 17.2 Å². The standard InChI is InChI=1S/C27H23F3N2O/c1-16-6-8-17(9-7-16)19-14-23-25(24(33)15-19)26(32-22-5-3-2-4-21(22)31-23)18-10-12-20(13-11-18)27(28,29)30/h2-13,19,26,31-32H,14-15H2,1H3/t19-,26+/m1/s1. The molecule has 0 fully saturated rings. The van der Waals surface area contributed by atoms with Crippen LogP contribution in [0, 0.1) is 6.92 Å². The number of allylic oxidation sites excluding steroid dienone is 1. The number of fused-ring (bicyclic) bond motifs is 1. The lowest BCUT2D eigenvalue weighted by molar-refractivity contribution is -0.137. The predicted molar refractivity (Wildman–Crippen MR) is 123 cm³/mol. The zero-order valence-electron chi connectivity index (χ0n) is 18.0. The molecule has 168 valence electrons. The topological polar surface area (TPSA) is 41.1 Å². The molecule has 0 amide bonds. The smallest absolute Gasteiger partial charge is 0.372 e. The number of aryl methyl sites for hydroxylation is 1. The van der Waals surface area contributed by atoms with Crippen molar-refractivity contribution in [3.63, 3.8) is 0 Å².